The minimum Gasteiger partial charge on any atom is -0.468 e. The van der Waals surface area contributed by atoms with E-state index >= 15 is 0 Å². The molecule has 0 fully saturated rings. The number of nitrogens with zero attached hydrogens (tertiary/aromatic N) is 1. The number of hydrogen-bond acceptors (Lipinski definition) is 3. The van der Waals surface area contributed by atoms with E-state index in [0.29, 0.717) is 18.6 Å². The molecule has 0 saturated heterocycles. The van der Waals surface area contributed by atoms with Crippen LogP contribution in [0.3, 0.4) is 0 Å². The SMILES string of the molecule is CCCN(CC(=O)OC)C(=O)c1c(F)cc(F)cc1F. The fourth-order valence-electron chi connectivity index (χ4n) is 1.65. The lowest BCUT2D eigenvalue weighted by Crippen LogP contribution is -2.37. The van der Waals surface area contributed by atoms with Crippen LogP contribution in [0.2, 0.25) is 0 Å². The van der Waals surface area contributed by atoms with Crippen molar-refractivity contribution in [2.75, 3.05) is 20.2 Å². The number of amides is 1. The van der Waals surface area contributed by atoms with Gasteiger partial charge < -0.3 is 9.64 Å². The molecule has 0 atom stereocenters. The number of halogens is 3. The molecule has 0 saturated carbocycles. The maximum atomic E-state index is 13.5. The van der Waals surface area contributed by atoms with Gasteiger partial charge in [-0.05, 0) is 6.42 Å². The lowest BCUT2D eigenvalue weighted by Gasteiger charge is -2.21. The average Bonchev–Trinajstić information content (AvgIpc) is 2.36. The van der Waals surface area contributed by atoms with Gasteiger partial charge in [-0.1, -0.05) is 6.92 Å². The van der Waals surface area contributed by atoms with Crippen molar-refractivity contribution >= 4 is 11.9 Å². The van der Waals surface area contributed by atoms with Crippen LogP contribution in [0, 0.1) is 17.5 Å². The molecule has 0 aliphatic rings. The van der Waals surface area contributed by atoms with Crippen LogP contribution >= 0.6 is 0 Å². The quantitative estimate of drug-likeness (QED) is 0.780. The number of carbonyl (C=O) groups excluding carboxylic acids is 2. The van der Waals surface area contributed by atoms with Gasteiger partial charge in [-0.2, -0.15) is 0 Å². The second-order valence-electron chi connectivity index (χ2n) is 4.05. The molecule has 1 rings (SSSR count). The summed E-state index contributed by atoms with van der Waals surface area (Å²) in [5.74, 6) is -5.47. The molecule has 0 unspecified atom stereocenters. The molecule has 0 spiro atoms. The Bertz CT molecular complexity index is 497. The zero-order chi connectivity index (χ0) is 15.3. The van der Waals surface area contributed by atoms with Gasteiger partial charge in [-0.25, -0.2) is 13.2 Å². The average molecular weight is 289 g/mol. The predicted octanol–water partition coefficient (Wildman–Crippen LogP) is 2.13. The molecule has 0 aliphatic heterocycles. The highest BCUT2D eigenvalue weighted by molar-refractivity contribution is 5.96. The third-order valence-electron chi connectivity index (χ3n) is 2.55. The molecule has 0 radical (unpaired) electrons. The Labute approximate surface area is 114 Å². The Morgan fingerprint density at radius 1 is 1.20 bits per heavy atom. The standard InChI is InChI=1S/C13H14F3NO3/c1-3-4-17(7-11(18)20-2)13(19)12-9(15)5-8(14)6-10(12)16/h5-6H,3-4,7H2,1-2H3. The van der Waals surface area contributed by atoms with Crippen molar-refractivity contribution in [2.45, 2.75) is 13.3 Å². The molecular formula is C13H14F3NO3. The van der Waals surface area contributed by atoms with E-state index in [0.717, 1.165) is 12.0 Å². The van der Waals surface area contributed by atoms with E-state index in [-0.39, 0.29) is 6.54 Å². The molecular weight excluding hydrogens is 275 g/mol. The normalized spacial score (nSPS) is 10.2. The van der Waals surface area contributed by atoms with Gasteiger partial charge in [-0.15, -0.1) is 0 Å². The Morgan fingerprint density at radius 2 is 1.75 bits per heavy atom. The first kappa shape index (κ1) is 16.0. The lowest BCUT2D eigenvalue weighted by atomic mass is 10.1. The summed E-state index contributed by atoms with van der Waals surface area (Å²) in [5, 5.41) is 0. The molecule has 1 amide bonds. The number of methoxy groups -OCH3 is 1. The molecule has 110 valence electrons. The van der Waals surface area contributed by atoms with Crippen molar-refractivity contribution in [3.8, 4) is 0 Å². The number of hydrogen-bond donors (Lipinski definition) is 0. The van der Waals surface area contributed by atoms with Gasteiger partial charge >= 0.3 is 5.97 Å². The van der Waals surface area contributed by atoms with Gasteiger partial charge in [0, 0.05) is 18.7 Å². The molecule has 0 N–H and O–H groups in total. The summed E-state index contributed by atoms with van der Waals surface area (Å²) in [5.41, 5.74) is -0.885. The van der Waals surface area contributed by atoms with Crippen LogP contribution in [0.5, 0.6) is 0 Å². The Hall–Kier alpha value is -2.05. The number of benzene rings is 1. The Balaban J connectivity index is 3.09. The third-order valence-corrected chi connectivity index (χ3v) is 2.55. The van der Waals surface area contributed by atoms with E-state index in [1.165, 1.54) is 0 Å². The highest BCUT2D eigenvalue weighted by atomic mass is 19.1. The molecule has 0 aliphatic carbocycles. The topological polar surface area (TPSA) is 46.6 Å². The molecule has 4 nitrogen and oxygen atoms in total. The first-order valence-corrected chi connectivity index (χ1v) is 5.91. The fraction of sp³-hybridized carbons (Fsp3) is 0.385. The van der Waals surface area contributed by atoms with Crippen molar-refractivity contribution in [3.63, 3.8) is 0 Å². The molecule has 7 heteroatoms. The summed E-state index contributed by atoms with van der Waals surface area (Å²) in [6, 6.07) is 0.831. The van der Waals surface area contributed by atoms with E-state index in [4.69, 9.17) is 0 Å². The van der Waals surface area contributed by atoms with Gasteiger partial charge in [0.15, 0.2) is 0 Å². The Morgan fingerprint density at radius 3 is 2.20 bits per heavy atom. The van der Waals surface area contributed by atoms with Crippen LogP contribution in [0.4, 0.5) is 13.2 Å². The maximum absolute atomic E-state index is 13.5. The second-order valence-corrected chi connectivity index (χ2v) is 4.05. The summed E-state index contributed by atoms with van der Waals surface area (Å²) >= 11 is 0. The number of esters is 1. The van der Waals surface area contributed by atoms with Crippen LogP contribution < -0.4 is 0 Å². The van der Waals surface area contributed by atoms with Gasteiger partial charge in [-0.3, -0.25) is 9.59 Å². The lowest BCUT2D eigenvalue weighted by molar-refractivity contribution is -0.141. The van der Waals surface area contributed by atoms with Crippen molar-refractivity contribution in [1.82, 2.24) is 4.90 Å². The zero-order valence-electron chi connectivity index (χ0n) is 11.1. The van der Waals surface area contributed by atoms with Gasteiger partial charge in [0.2, 0.25) is 0 Å². The van der Waals surface area contributed by atoms with Crippen LogP contribution in [0.15, 0.2) is 12.1 Å². The van der Waals surface area contributed by atoms with E-state index < -0.39 is 41.4 Å². The van der Waals surface area contributed by atoms with E-state index in [1.807, 2.05) is 0 Å². The number of rotatable bonds is 5. The molecule has 0 bridgehead atoms. The van der Waals surface area contributed by atoms with Crippen molar-refractivity contribution < 1.29 is 27.5 Å². The highest BCUT2D eigenvalue weighted by Gasteiger charge is 2.25. The smallest absolute Gasteiger partial charge is 0.325 e. The van der Waals surface area contributed by atoms with Gasteiger partial charge in [0.05, 0.1) is 7.11 Å². The van der Waals surface area contributed by atoms with Gasteiger partial charge in [0.1, 0.15) is 29.6 Å². The summed E-state index contributed by atoms with van der Waals surface area (Å²) in [7, 11) is 1.13. The first-order valence-electron chi connectivity index (χ1n) is 5.91. The first-order chi connectivity index (χ1) is 9.40. The summed E-state index contributed by atoms with van der Waals surface area (Å²) in [6.07, 6.45) is 0.479. The summed E-state index contributed by atoms with van der Waals surface area (Å²) in [6.45, 7) is 1.42. The second kappa shape index (κ2) is 6.93. The van der Waals surface area contributed by atoms with Gasteiger partial charge in [0.25, 0.3) is 5.91 Å². The minimum atomic E-state index is -1.31. The highest BCUT2D eigenvalue weighted by Crippen LogP contribution is 2.17. The van der Waals surface area contributed by atoms with Crippen LogP contribution in [0.1, 0.15) is 23.7 Å². The van der Waals surface area contributed by atoms with Crippen LogP contribution in [0.25, 0.3) is 0 Å². The largest absolute Gasteiger partial charge is 0.468 e. The third kappa shape index (κ3) is 3.72. The Kier molecular flexibility index (Phi) is 5.54. The van der Waals surface area contributed by atoms with E-state index in [2.05, 4.69) is 4.74 Å². The molecule has 0 aromatic heterocycles. The number of ether oxygens (including phenoxy) is 1. The molecule has 1 aromatic carbocycles. The van der Waals surface area contributed by atoms with Crippen LogP contribution in [-0.4, -0.2) is 37.0 Å². The minimum absolute atomic E-state index is 0.115. The van der Waals surface area contributed by atoms with Crippen molar-refractivity contribution in [2.24, 2.45) is 0 Å². The predicted molar refractivity (Wildman–Crippen MR) is 64.5 cm³/mol. The molecule has 1 aromatic rings. The van der Waals surface area contributed by atoms with Crippen molar-refractivity contribution in [1.29, 1.82) is 0 Å². The van der Waals surface area contributed by atoms with Crippen molar-refractivity contribution in [3.05, 3.63) is 35.1 Å². The fourth-order valence-corrected chi connectivity index (χ4v) is 1.65. The maximum Gasteiger partial charge on any atom is 0.325 e. The summed E-state index contributed by atoms with van der Waals surface area (Å²) in [4.78, 5) is 24.2. The molecule has 20 heavy (non-hydrogen) atoms. The number of carbonyl (C=O) groups is 2. The van der Waals surface area contributed by atoms with E-state index in [9.17, 15) is 22.8 Å². The monoisotopic (exact) mass is 289 g/mol. The summed E-state index contributed by atoms with van der Waals surface area (Å²) < 4.78 is 44.3. The van der Waals surface area contributed by atoms with E-state index in [1.54, 1.807) is 6.92 Å². The van der Waals surface area contributed by atoms with Crippen LogP contribution in [-0.2, 0) is 9.53 Å². The zero-order valence-corrected chi connectivity index (χ0v) is 11.1. The molecule has 0 heterocycles.